The van der Waals surface area contributed by atoms with Gasteiger partial charge in [0.05, 0.1) is 6.04 Å². The molecule has 0 heterocycles. The fourth-order valence-corrected chi connectivity index (χ4v) is 1.32. The van der Waals surface area contributed by atoms with E-state index in [1.54, 1.807) is 0 Å². The van der Waals surface area contributed by atoms with Gasteiger partial charge in [-0.25, -0.2) is 8.78 Å². The average molecular weight is 237 g/mol. The van der Waals surface area contributed by atoms with E-state index in [1.807, 2.05) is 0 Å². The summed E-state index contributed by atoms with van der Waals surface area (Å²) in [6.07, 6.45) is 0. The molecule has 0 aliphatic heterocycles. The SMILES string of the molecule is Nc1ccc(Cl)cc1[C@@H](N)C(F)(F)CO. The van der Waals surface area contributed by atoms with Gasteiger partial charge in [-0.15, -0.1) is 0 Å². The first-order valence-electron chi connectivity index (χ1n) is 4.17. The molecule has 0 saturated heterocycles. The second-order valence-corrected chi connectivity index (χ2v) is 3.61. The minimum absolute atomic E-state index is 0.0292. The van der Waals surface area contributed by atoms with Crippen LogP contribution in [-0.2, 0) is 0 Å². The van der Waals surface area contributed by atoms with Gasteiger partial charge < -0.3 is 16.6 Å². The van der Waals surface area contributed by atoms with E-state index in [2.05, 4.69) is 0 Å². The fraction of sp³-hybridized carbons (Fsp3) is 0.333. The number of benzene rings is 1. The molecular formula is C9H11ClF2N2O. The van der Waals surface area contributed by atoms with Crippen LogP contribution in [0.25, 0.3) is 0 Å². The van der Waals surface area contributed by atoms with Crippen molar-refractivity contribution in [2.75, 3.05) is 12.3 Å². The molecule has 0 fully saturated rings. The summed E-state index contributed by atoms with van der Waals surface area (Å²) in [6, 6.07) is 2.47. The topological polar surface area (TPSA) is 72.3 Å². The number of anilines is 1. The minimum Gasteiger partial charge on any atom is -0.398 e. The number of aliphatic hydroxyl groups excluding tert-OH is 1. The molecule has 84 valence electrons. The number of nitrogens with two attached hydrogens (primary N) is 2. The Morgan fingerprint density at radius 3 is 2.60 bits per heavy atom. The average Bonchev–Trinajstić information content (AvgIpc) is 2.20. The molecule has 0 aromatic heterocycles. The van der Waals surface area contributed by atoms with Crippen LogP contribution in [0.15, 0.2) is 18.2 Å². The second kappa shape index (κ2) is 4.30. The monoisotopic (exact) mass is 236 g/mol. The summed E-state index contributed by atoms with van der Waals surface area (Å²) in [7, 11) is 0. The highest BCUT2D eigenvalue weighted by atomic mass is 35.5. The molecule has 0 aliphatic rings. The highest BCUT2D eigenvalue weighted by molar-refractivity contribution is 6.30. The number of aliphatic hydroxyl groups is 1. The smallest absolute Gasteiger partial charge is 0.289 e. The van der Waals surface area contributed by atoms with Crippen molar-refractivity contribution in [1.29, 1.82) is 0 Å². The molecule has 0 radical (unpaired) electrons. The molecule has 0 spiro atoms. The summed E-state index contributed by atoms with van der Waals surface area (Å²) in [5.41, 5.74) is 10.9. The van der Waals surface area contributed by atoms with Gasteiger partial charge in [-0.3, -0.25) is 0 Å². The summed E-state index contributed by atoms with van der Waals surface area (Å²) in [5.74, 6) is -3.42. The van der Waals surface area contributed by atoms with Crippen LogP contribution in [0.4, 0.5) is 14.5 Å². The Kier molecular flexibility index (Phi) is 3.49. The highest BCUT2D eigenvalue weighted by Crippen LogP contribution is 2.33. The number of rotatable bonds is 3. The predicted octanol–water partition coefficient (Wildman–Crippen LogP) is 1.55. The van der Waals surface area contributed by atoms with Gasteiger partial charge in [0.1, 0.15) is 6.61 Å². The first kappa shape index (κ1) is 12.2. The molecule has 5 N–H and O–H groups in total. The lowest BCUT2D eigenvalue weighted by Crippen LogP contribution is -2.36. The summed E-state index contributed by atoms with van der Waals surface area (Å²) in [4.78, 5) is 0. The molecule has 0 saturated carbocycles. The van der Waals surface area contributed by atoms with E-state index in [9.17, 15) is 8.78 Å². The van der Waals surface area contributed by atoms with E-state index in [0.29, 0.717) is 0 Å². The minimum atomic E-state index is -3.42. The number of nitrogen functional groups attached to an aromatic ring is 1. The standard InChI is InChI=1S/C9H11ClF2N2O/c10-5-1-2-7(13)6(3-5)8(14)9(11,12)4-15/h1-3,8,15H,4,13-14H2/t8-/m1/s1. The number of halogens is 3. The maximum Gasteiger partial charge on any atom is 0.289 e. The van der Waals surface area contributed by atoms with Crippen LogP contribution in [0.1, 0.15) is 11.6 Å². The van der Waals surface area contributed by atoms with Crippen molar-refractivity contribution in [1.82, 2.24) is 0 Å². The van der Waals surface area contributed by atoms with Gasteiger partial charge in [0, 0.05) is 10.7 Å². The Morgan fingerprint density at radius 1 is 1.47 bits per heavy atom. The summed E-state index contributed by atoms with van der Waals surface area (Å²) < 4.78 is 26.1. The zero-order valence-electron chi connectivity index (χ0n) is 7.75. The molecule has 0 amide bonds. The quantitative estimate of drug-likeness (QED) is 0.698. The third-order valence-corrected chi connectivity index (χ3v) is 2.28. The Labute approximate surface area is 90.6 Å². The maximum atomic E-state index is 13.1. The van der Waals surface area contributed by atoms with Gasteiger partial charge in [0.15, 0.2) is 0 Å². The van der Waals surface area contributed by atoms with Crippen LogP contribution in [0, 0.1) is 0 Å². The zero-order chi connectivity index (χ0) is 11.6. The first-order chi connectivity index (χ1) is 6.88. The Morgan fingerprint density at radius 2 is 2.07 bits per heavy atom. The normalized spacial score (nSPS) is 13.9. The van der Waals surface area contributed by atoms with Crippen molar-refractivity contribution in [3.05, 3.63) is 28.8 Å². The molecule has 3 nitrogen and oxygen atoms in total. The first-order valence-corrected chi connectivity index (χ1v) is 4.55. The Balaban J connectivity index is 3.10. The third kappa shape index (κ3) is 2.56. The molecule has 15 heavy (non-hydrogen) atoms. The van der Waals surface area contributed by atoms with Crippen molar-refractivity contribution in [2.45, 2.75) is 12.0 Å². The van der Waals surface area contributed by atoms with Crippen LogP contribution in [0.3, 0.4) is 0 Å². The van der Waals surface area contributed by atoms with Gasteiger partial charge in [0.2, 0.25) is 0 Å². The van der Waals surface area contributed by atoms with Crippen molar-refractivity contribution in [3.8, 4) is 0 Å². The van der Waals surface area contributed by atoms with Crippen molar-refractivity contribution >= 4 is 17.3 Å². The predicted molar refractivity (Wildman–Crippen MR) is 54.8 cm³/mol. The van der Waals surface area contributed by atoms with Crippen LogP contribution in [0.5, 0.6) is 0 Å². The van der Waals surface area contributed by atoms with E-state index in [0.717, 1.165) is 0 Å². The largest absolute Gasteiger partial charge is 0.398 e. The molecule has 1 rings (SSSR count). The zero-order valence-corrected chi connectivity index (χ0v) is 8.51. The highest BCUT2D eigenvalue weighted by Gasteiger charge is 2.38. The molecule has 6 heteroatoms. The van der Waals surface area contributed by atoms with Crippen LogP contribution < -0.4 is 11.5 Å². The number of hydrogen-bond donors (Lipinski definition) is 3. The van der Waals surface area contributed by atoms with Crippen LogP contribution in [0.2, 0.25) is 5.02 Å². The fourth-order valence-electron chi connectivity index (χ4n) is 1.14. The van der Waals surface area contributed by atoms with E-state index in [1.165, 1.54) is 18.2 Å². The van der Waals surface area contributed by atoms with E-state index in [-0.39, 0.29) is 16.3 Å². The maximum absolute atomic E-state index is 13.1. The van der Waals surface area contributed by atoms with Gasteiger partial charge in [-0.2, -0.15) is 0 Å². The third-order valence-electron chi connectivity index (χ3n) is 2.05. The lowest BCUT2D eigenvalue weighted by molar-refractivity contribution is -0.0710. The molecule has 0 bridgehead atoms. The molecule has 1 aromatic rings. The van der Waals surface area contributed by atoms with Gasteiger partial charge >= 0.3 is 0 Å². The van der Waals surface area contributed by atoms with E-state index in [4.69, 9.17) is 28.2 Å². The second-order valence-electron chi connectivity index (χ2n) is 3.17. The molecular weight excluding hydrogens is 226 g/mol. The van der Waals surface area contributed by atoms with Gasteiger partial charge in [0.25, 0.3) is 5.92 Å². The van der Waals surface area contributed by atoms with Gasteiger partial charge in [-0.1, -0.05) is 11.6 Å². The van der Waals surface area contributed by atoms with E-state index >= 15 is 0 Å². The molecule has 1 atom stereocenters. The number of alkyl halides is 2. The lowest BCUT2D eigenvalue weighted by Gasteiger charge is -2.22. The summed E-state index contributed by atoms with van der Waals surface area (Å²) in [6.45, 7) is -1.33. The molecule has 0 aliphatic carbocycles. The lowest BCUT2D eigenvalue weighted by atomic mass is 10.0. The van der Waals surface area contributed by atoms with Gasteiger partial charge in [-0.05, 0) is 23.8 Å². The van der Waals surface area contributed by atoms with E-state index < -0.39 is 18.6 Å². The summed E-state index contributed by atoms with van der Waals surface area (Å²) in [5, 5.41) is 8.75. The Bertz CT molecular complexity index is 360. The molecule has 1 aromatic carbocycles. The summed E-state index contributed by atoms with van der Waals surface area (Å²) >= 11 is 5.64. The Hall–Kier alpha value is -0.910. The van der Waals surface area contributed by atoms with Crippen molar-refractivity contribution < 1.29 is 13.9 Å². The number of hydrogen-bond acceptors (Lipinski definition) is 3. The molecule has 0 unspecified atom stereocenters. The van der Waals surface area contributed by atoms with Crippen LogP contribution >= 0.6 is 11.6 Å². The van der Waals surface area contributed by atoms with Crippen LogP contribution in [-0.4, -0.2) is 17.6 Å². The van der Waals surface area contributed by atoms with Crippen molar-refractivity contribution in [2.24, 2.45) is 5.73 Å². The van der Waals surface area contributed by atoms with Crippen molar-refractivity contribution in [3.63, 3.8) is 0 Å².